The molecule has 13 heavy (non-hydrogen) atoms. The SMILES string of the molecule is CCC(=O)OC1CCOS(O)(O)C1. The highest BCUT2D eigenvalue weighted by Gasteiger charge is 2.31. The third-order valence-corrected chi connectivity index (χ3v) is 3.05. The van der Waals surface area contributed by atoms with Gasteiger partial charge in [0.1, 0.15) is 6.10 Å². The summed E-state index contributed by atoms with van der Waals surface area (Å²) in [5.41, 5.74) is 0. The van der Waals surface area contributed by atoms with Crippen molar-refractivity contribution in [3.63, 3.8) is 0 Å². The van der Waals surface area contributed by atoms with Crippen molar-refractivity contribution >= 4 is 16.8 Å². The fourth-order valence-corrected chi connectivity index (χ4v) is 2.23. The van der Waals surface area contributed by atoms with Crippen LogP contribution in [0.1, 0.15) is 19.8 Å². The van der Waals surface area contributed by atoms with Gasteiger partial charge in [0.2, 0.25) is 0 Å². The van der Waals surface area contributed by atoms with E-state index in [-0.39, 0.29) is 18.3 Å². The Bertz CT molecular complexity index is 193. The van der Waals surface area contributed by atoms with Gasteiger partial charge in [-0.05, 0) is 0 Å². The predicted molar refractivity (Wildman–Crippen MR) is 48.5 cm³/mol. The molecule has 2 N–H and O–H groups in total. The molecule has 0 radical (unpaired) electrons. The van der Waals surface area contributed by atoms with Gasteiger partial charge >= 0.3 is 5.97 Å². The second kappa shape index (κ2) is 4.28. The van der Waals surface area contributed by atoms with Crippen LogP contribution in [-0.4, -0.2) is 33.5 Å². The molecule has 1 aliphatic heterocycles. The summed E-state index contributed by atoms with van der Waals surface area (Å²) in [4.78, 5) is 10.9. The summed E-state index contributed by atoms with van der Waals surface area (Å²) in [5, 5.41) is 0. The zero-order chi connectivity index (χ0) is 9.90. The molecular weight excluding hydrogens is 196 g/mol. The first-order chi connectivity index (χ1) is 6.03. The first-order valence-electron chi connectivity index (χ1n) is 4.13. The van der Waals surface area contributed by atoms with Gasteiger partial charge in [-0.25, -0.2) is 0 Å². The van der Waals surface area contributed by atoms with Crippen molar-refractivity contribution in [1.82, 2.24) is 0 Å². The molecule has 6 heteroatoms. The van der Waals surface area contributed by atoms with Crippen LogP contribution >= 0.6 is 10.9 Å². The Kier molecular flexibility index (Phi) is 3.55. The molecule has 0 aliphatic carbocycles. The van der Waals surface area contributed by atoms with E-state index in [0.29, 0.717) is 12.8 Å². The van der Waals surface area contributed by atoms with Gasteiger partial charge in [-0.15, -0.1) is 0 Å². The van der Waals surface area contributed by atoms with Crippen LogP contribution in [-0.2, 0) is 13.7 Å². The first-order valence-corrected chi connectivity index (χ1v) is 5.77. The molecule has 0 aromatic carbocycles. The molecule has 1 heterocycles. The van der Waals surface area contributed by atoms with Crippen molar-refractivity contribution in [3.05, 3.63) is 0 Å². The maximum absolute atomic E-state index is 10.9. The van der Waals surface area contributed by atoms with E-state index >= 15 is 0 Å². The lowest BCUT2D eigenvalue weighted by atomic mass is 10.3. The molecular formula is C7H14O5S. The third-order valence-electron chi connectivity index (χ3n) is 1.70. The number of esters is 1. The van der Waals surface area contributed by atoms with Gasteiger partial charge in [0.25, 0.3) is 0 Å². The maximum Gasteiger partial charge on any atom is 0.305 e. The molecule has 0 bridgehead atoms. The molecule has 1 atom stereocenters. The highest BCUT2D eigenvalue weighted by atomic mass is 32.3. The van der Waals surface area contributed by atoms with E-state index in [9.17, 15) is 4.79 Å². The molecule has 0 amide bonds. The average molecular weight is 210 g/mol. The maximum atomic E-state index is 10.9. The Morgan fingerprint density at radius 3 is 2.92 bits per heavy atom. The van der Waals surface area contributed by atoms with Crippen LogP contribution in [0.25, 0.3) is 0 Å². The van der Waals surface area contributed by atoms with Gasteiger partial charge in [0.15, 0.2) is 0 Å². The quantitative estimate of drug-likeness (QED) is 0.673. The van der Waals surface area contributed by atoms with E-state index in [1.54, 1.807) is 6.92 Å². The molecule has 1 saturated heterocycles. The van der Waals surface area contributed by atoms with Crippen LogP contribution in [0, 0.1) is 0 Å². The molecule has 0 aromatic heterocycles. The number of carbonyl (C=O) groups excluding carboxylic acids is 1. The summed E-state index contributed by atoms with van der Waals surface area (Å²) in [6.07, 6.45) is 0.421. The van der Waals surface area contributed by atoms with Gasteiger partial charge in [0.05, 0.1) is 23.2 Å². The molecule has 1 aliphatic rings. The van der Waals surface area contributed by atoms with Crippen molar-refractivity contribution < 1.29 is 22.8 Å². The fraction of sp³-hybridized carbons (Fsp3) is 0.857. The van der Waals surface area contributed by atoms with Gasteiger partial charge in [0, 0.05) is 12.8 Å². The Labute approximate surface area is 78.6 Å². The Morgan fingerprint density at radius 1 is 1.69 bits per heavy atom. The highest BCUT2D eigenvalue weighted by molar-refractivity contribution is 8.20. The van der Waals surface area contributed by atoms with Crippen molar-refractivity contribution in [3.8, 4) is 0 Å². The van der Waals surface area contributed by atoms with Gasteiger partial charge in [-0.2, -0.15) is 0 Å². The first kappa shape index (κ1) is 10.8. The Morgan fingerprint density at radius 2 is 2.38 bits per heavy atom. The largest absolute Gasteiger partial charge is 0.461 e. The predicted octanol–water partition coefficient (Wildman–Crippen LogP) is 1.39. The zero-order valence-corrected chi connectivity index (χ0v) is 8.25. The molecule has 1 unspecified atom stereocenters. The number of ether oxygens (including phenoxy) is 1. The fourth-order valence-electron chi connectivity index (χ4n) is 1.05. The van der Waals surface area contributed by atoms with E-state index in [1.165, 1.54) is 0 Å². The lowest BCUT2D eigenvalue weighted by Gasteiger charge is -2.34. The van der Waals surface area contributed by atoms with Crippen LogP contribution in [0.3, 0.4) is 0 Å². The van der Waals surface area contributed by atoms with Crippen LogP contribution in [0.15, 0.2) is 0 Å². The number of rotatable bonds is 2. The Balaban J connectivity index is 2.39. The van der Waals surface area contributed by atoms with Crippen LogP contribution < -0.4 is 0 Å². The van der Waals surface area contributed by atoms with E-state index in [0.717, 1.165) is 0 Å². The lowest BCUT2D eigenvalue weighted by molar-refractivity contribution is -0.148. The molecule has 0 spiro atoms. The molecule has 1 fully saturated rings. The van der Waals surface area contributed by atoms with E-state index in [1.807, 2.05) is 0 Å². The summed E-state index contributed by atoms with van der Waals surface area (Å²) < 4.78 is 28.0. The average Bonchev–Trinajstić information content (AvgIpc) is 2.02. The third kappa shape index (κ3) is 3.51. The van der Waals surface area contributed by atoms with E-state index in [2.05, 4.69) is 0 Å². The minimum atomic E-state index is -2.96. The van der Waals surface area contributed by atoms with Crippen molar-refractivity contribution in [2.24, 2.45) is 0 Å². The van der Waals surface area contributed by atoms with Gasteiger partial charge in [-0.1, -0.05) is 6.92 Å². The topological polar surface area (TPSA) is 76.0 Å². The standard InChI is InChI=1S/C7H14O5S/c1-2-7(8)12-6-3-4-11-13(9,10)5-6/h6,9-10H,2-5H2,1H3. The normalized spacial score (nSPS) is 29.3. The summed E-state index contributed by atoms with van der Waals surface area (Å²) in [5.74, 6) is -0.319. The lowest BCUT2D eigenvalue weighted by Crippen LogP contribution is -2.31. The summed E-state index contributed by atoms with van der Waals surface area (Å²) in [6.45, 7) is 1.92. The minimum absolute atomic E-state index is 0.00125. The van der Waals surface area contributed by atoms with Crippen molar-refractivity contribution in [1.29, 1.82) is 0 Å². The summed E-state index contributed by atoms with van der Waals surface area (Å²) in [7, 11) is -2.96. The van der Waals surface area contributed by atoms with Crippen LogP contribution in [0.2, 0.25) is 0 Å². The van der Waals surface area contributed by atoms with E-state index < -0.39 is 17.0 Å². The molecule has 1 rings (SSSR count). The number of hydrogen-bond donors (Lipinski definition) is 2. The molecule has 5 nitrogen and oxygen atoms in total. The minimum Gasteiger partial charge on any atom is -0.461 e. The second-order valence-electron chi connectivity index (χ2n) is 2.85. The van der Waals surface area contributed by atoms with Crippen molar-refractivity contribution in [2.45, 2.75) is 25.9 Å². The summed E-state index contributed by atoms with van der Waals surface area (Å²) in [6, 6.07) is 0. The summed E-state index contributed by atoms with van der Waals surface area (Å²) >= 11 is 0. The smallest absolute Gasteiger partial charge is 0.305 e. The van der Waals surface area contributed by atoms with Crippen molar-refractivity contribution in [2.75, 3.05) is 12.4 Å². The molecule has 78 valence electrons. The highest BCUT2D eigenvalue weighted by Crippen LogP contribution is 2.44. The molecule has 0 aromatic rings. The number of hydrogen-bond acceptors (Lipinski definition) is 5. The van der Waals surface area contributed by atoms with Crippen LogP contribution in [0.4, 0.5) is 0 Å². The molecule has 0 saturated carbocycles. The van der Waals surface area contributed by atoms with Gasteiger partial charge < -0.3 is 13.8 Å². The Hall–Kier alpha value is -0.300. The van der Waals surface area contributed by atoms with E-state index in [4.69, 9.17) is 18.0 Å². The monoisotopic (exact) mass is 210 g/mol. The second-order valence-corrected chi connectivity index (χ2v) is 4.63. The van der Waals surface area contributed by atoms with Gasteiger partial charge in [-0.3, -0.25) is 8.98 Å². The number of carbonyl (C=O) groups is 1. The zero-order valence-electron chi connectivity index (χ0n) is 7.43. The van der Waals surface area contributed by atoms with Crippen LogP contribution in [0.5, 0.6) is 0 Å².